The summed E-state index contributed by atoms with van der Waals surface area (Å²) in [6, 6.07) is 10.4. The maximum absolute atomic E-state index is 6.60. The van der Waals surface area contributed by atoms with Gasteiger partial charge in [-0.1, -0.05) is 18.2 Å². The molecule has 2 N–H and O–H groups in total. The highest BCUT2D eigenvalue weighted by Crippen LogP contribution is 2.33. The molecule has 0 amide bonds. The highest BCUT2D eigenvalue weighted by atomic mass is 16.5. The smallest absolute Gasteiger partial charge is 0.0690 e. The SMILES string of the molecule is N[C@@]12CCOC[C@@H]1CN(Cc1ccccc1-n1cccn1)C2. The molecule has 4 rings (SSSR count). The van der Waals surface area contributed by atoms with Gasteiger partial charge in [0.15, 0.2) is 0 Å². The van der Waals surface area contributed by atoms with Crippen LogP contribution in [0.4, 0.5) is 0 Å². The van der Waals surface area contributed by atoms with Gasteiger partial charge in [0, 0.05) is 50.1 Å². The molecule has 0 unspecified atom stereocenters. The Morgan fingerprint density at radius 2 is 2.23 bits per heavy atom. The Morgan fingerprint density at radius 1 is 1.32 bits per heavy atom. The summed E-state index contributed by atoms with van der Waals surface area (Å²) in [5, 5.41) is 4.36. The van der Waals surface area contributed by atoms with E-state index in [0.717, 1.165) is 45.0 Å². The number of nitrogens with zero attached hydrogens (tertiary/aromatic N) is 3. The van der Waals surface area contributed by atoms with Crippen molar-refractivity contribution in [1.82, 2.24) is 14.7 Å². The predicted molar refractivity (Wildman–Crippen MR) is 84.7 cm³/mol. The third-order valence-electron chi connectivity index (χ3n) is 4.98. The monoisotopic (exact) mass is 298 g/mol. The Balaban J connectivity index is 1.55. The molecule has 2 fully saturated rings. The first-order valence-corrected chi connectivity index (χ1v) is 7.91. The van der Waals surface area contributed by atoms with Crippen molar-refractivity contribution in [3.8, 4) is 5.69 Å². The zero-order valence-electron chi connectivity index (χ0n) is 12.7. The number of hydrogen-bond donors (Lipinski definition) is 1. The van der Waals surface area contributed by atoms with Gasteiger partial charge < -0.3 is 10.5 Å². The molecule has 5 nitrogen and oxygen atoms in total. The Morgan fingerprint density at radius 3 is 3.05 bits per heavy atom. The van der Waals surface area contributed by atoms with Crippen LogP contribution >= 0.6 is 0 Å². The normalized spacial score (nSPS) is 28.7. The second-order valence-corrected chi connectivity index (χ2v) is 6.50. The van der Waals surface area contributed by atoms with Crippen molar-refractivity contribution < 1.29 is 4.74 Å². The van der Waals surface area contributed by atoms with Crippen LogP contribution in [0.5, 0.6) is 0 Å². The van der Waals surface area contributed by atoms with Gasteiger partial charge in [0.05, 0.1) is 12.3 Å². The first-order valence-electron chi connectivity index (χ1n) is 7.91. The predicted octanol–water partition coefficient (Wildman–Crippen LogP) is 1.42. The summed E-state index contributed by atoms with van der Waals surface area (Å²) in [5.74, 6) is 0.457. The number of benzene rings is 1. The Labute approximate surface area is 130 Å². The highest BCUT2D eigenvalue weighted by molar-refractivity contribution is 5.40. The van der Waals surface area contributed by atoms with Gasteiger partial charge in [-0.3, -0.25) is 4.90 Å². The number of ether oxygens (including phenoxy) is 1. The molecule has 1 aromatic heterocycles. The summed E-state index contributed by atoms with van der Waals surface area (Å²) < 4.78 is 7.54. The highest BCUT2D eigenvalue weighted by Gasteiger charge is 2.45. The fourth-order valence-corrected chi connectivity index (χ4v) is 3.73. The van der Waals surface area contributed by atoms with Crippen LogP contribution in [0, 0.1) is 5.92 Å². The number of aromatic nitrogens is 2. The third kappa shape index (κ3) is 2.45. The molecule has 1 aromatic carbocycles. The van der Waals surface area contributed by atoms with E-state index in [0.29, 0.717) is 5.92 Å². The molecule has 2 atom stereocenters. The topological polar surface area (TPSA) is 56.3 Å². The van der Waals surface area contributed by atoms with Crippen molar-refractivity contribution in [1.29, 1.82) is 0 Å². The van der Waals surface area contributed by atoms with E-state index in [1.54, 1.807) is 0 Å². The zero-order valence-corrected chi connectivity index (χ0v) is 12.7. The fourth-order valence-electron chi connectivity index (χ4n) is 3.73. The fraction of sp³-hybridized carbons (Fsp3) is 0.471. The van der Waals surface area contributed by atoms with Crippen molar-refractivity contribution in [2.75, 3.05) is 26.3 Å². The van der Waals surface area contributed by atoms with E-state index >= 15 is 0 Å². The van der Waals surface area contributed by atoms with Gasteiger partial charge in [0.1, 0.15) is 0 Å². The lowest BCUT2D eigenvalue weighted by molar-refractivity contribution is 0.0241. The largest absolute Gasteiger partial charge is 0.381 e. The van der Waals surface area contributed by atoms with Gasteiger partial charge in [-0.05, 0) is 24.1 Å². The lowest BCUT2D eigenvalue weighted by atomic mass is 9.84. The summed E-state index contributed by atoms with van der Waals surface area (Å²) in [6.45, 7) is 4.47. The van der Waals surface area contributed by atoms with Gasteiger partial charge in [-0.15, -0.1) is 0 Å². The molecular formula is C17H22N4O. The molecule has 0 aliphatic carbocycles. The van der Waals surface area contributed by atoms with E-state index in [1.165, 1.54) is 5.56 Å². The second-order valence-electron chi connectivity index (χ2n) is 6.50. The molecule has 0 bridgehead atoms. The molecule has 2 aromatic rings. The maximum Gasteiger partial charge on any atom is 0.0690 e. The van der Waals surface area contributed by atoms with Crippen LogP contribution in [-0.2, 0) is 11.3 Å². The number of likely N-dealkylation sites (tertiary alicyclic amines) is 1. The Hall–Kier alpha value is -1.69. The number of fused-ring (bicyclic) bond motifs is 1. The van der Waals surface area contributed by atoms with Crippen LogP contribution in [0.1, 0.15) is 12.0 Å². The van der Waals surface area contributed by atoms with Crippen LogP contribution in [0.15, 0.2) is 42.7 Å². The lowest BCUT2D eigenvalue weighted by Gasteiger charge is -2.34. The van der Waals surface area contributed by atoms with E-state index in [-0.39, 0.29) is 5.54 Å². The van der Waals surface area contributed by atoms with Gasteiger partial charge in [-0.2, -0.15) is 5.10 Å². The minimum atomic E-state index is -0.0705. The van der Waals surface area contributed by atoms with Gasteiger partial charge in [0.25, 0.3) is 0 Å². The van der Waals surface area contributed by atoms with E-state index in [1.807, 2.05) is 23.1 Å². The molecule has 3 heterocycles. The molecule has 0 radical (unpaired) electrons. The quantitative estimate of drug-likeness (QED) is 0.931. The molecule has 2 saturated heterocycles. The molecule has 22 heavy (non-hydrogen) atoms. The standard InChI is InChI=1S/C17H22N4O/c18-17-6-9-22-12-15(17)11-20(13-17)10-14-4-1-2-5-16(14)21-8-3-7-19-21/h1-5,7-8,15H,6,9-13,18H2/t15-,17+/m0/s1. The molecule has 2 aliphatic rings. The Kier molecular flexibility index (Phi) is 3.48. The van der Waals surface area contributed by atoms with E-state index in [2.05, 4.69) is 34.3 Å². The lowest BCUT2D eigenvalue weighted by Crippen LogP contribution is -2.52. The molecule has 0 spiro atoms. The molecular weight excluding hydrogens is 276 g/mol. The average molecular weight is 298 g/mol. The Bertz CT molecular complexity index is 642. The van der Waals surface area contributed by atoms with Crippen molar-refractivity contribution in [3.05, 3.63) is 48.3 Å². The van der Waals surface area contributed by atoms with Crippen LogP contribution in [-0.4, -0.2) is 46.5 Å². The van der Waals surface area contributed by atoms with Crippen LogP contribution in [0.3, 0.4) is 0 Å². The van der Waals surface area contributed by atoms with Crippen molar-refractivity contribution in [3.63, 3.8) is 0 Å². The summed E-state index contributed by atoms with van der Waals surface area (Å²) in [6.07, 6.45) is 4.77. The first-order chi connectivity index (χ1) is 10.7. The maximum atomic E-state index is 6.60. The van der Waals surface area contributed by atoms with Crippen molar-refractivity contribution in [2.24, 2.45) is 11.7 Å². The number of rotatable bonds is 3. The van der Waals surface area contributed by atoms with Crippen LogP contribution in [0.2, 0.25) is 0 Å². The summed E-state index contributed by atoms with van der Waals surface area (Å²) >= 11 is 0. The van der Waals surface area contributed by atoms with E-state index in [9.17, 15) is 0 Å². The minimum Gasteiger partial charge on any atom is -0.381 e. The van der Waals surface area contributed by atoms with Gasteiger partial charge in [-0.25, -0.2) is 4.68 Å². The molecule has 2 aliphatic heterocycles. The van der Waals surface area contributed by atoms with Crippen LogP contribution < -0.4 is 5.73 Å². The first kappa shape index (κ1) is 13.9. The van der Waals surface area contributed by atoms with E-state index < -0.39 is 0 Å². The minimum absolute atomic E-state index is 0.0705. The van der Waals surface area contributed by atoms with Gasteiger partial charge in [0.2, 0.25) is 0 Å². The average Bonchev–Trinajstić information content (AvgIpc) is 3.14. The summed E-state index contributed by atoms with van der Waals surface area (Å²) in [5.41, 5.74) is 8.96. The summed E-state index contributed by atoms with van der Waals surface area (Å²) in [4.78, 5) is 2.46. The van der Waals surface area contributed by atoms with Crippen LogP contribution in [0.25, 0.3) is 5.69 Å². The van der Waals surface area contributed by atoms with Gasteiger partial charge >= 0.3 is 0 Å². The van der Waals surface area contributed by atoms with Crippen molar-refractivity contribution >= 4 is 0 Å². The van der Waals surface area contributed by atoms with Crippen molar-refractivity contribution in [2.45, 2.75) is 18.5 Å². The molecule has 5 heteroatoms. The zero-order chi connectivity index (χ0) is 15.0. The molecule has 0 saturated carbocycles. The molecule has 116 valence electrons. The number of hydrogen-bond acceptors (Lipinski definition) is 4. The second kappa shape index (κ2) is 5.50. The third-order valence-corrected chi connectivity index (χ3v) is 4.98. The number of nitrogens with two attached hydrogens (primary N) is 1. The van der Waals surface area contributed by atoms with E-state index in [4.69, 9.17) is 10.5 Å². The summed E-state index contributed by atoms with van der Waals surface area (Å²) in [7, 11) is 0. The number of para-hydroxylation sites is 1.